The molecule has 0 aliphatic carbocycles. The first-order chi connectivity index (χ1) is 9.00. The largest absolute Gasteiger partial charge is 0.456 e. The molecule has 0 saturated heterocycles. The molecular weight excluding hydrogens is 244 g/mol. The summed E-state index contributed by atoms with van der Waals surface area (Å²) in [5, 5.41) is 0. The monoisotopic (exact) mass is 268 g/mol. The highest BCUT2D eigenvalue weighted by Crippen LogP contribution is 2.30. The number of rotatable bonds is 0. The van der Waals surface area contributed by atoms with Crippen molar-refractivity contribution in [3.05, 3.63) is 11.3 Å². The molecule has 2 aliphatic rings. The van der Waals surface area contributed by atoms with Crippen molar-refractivity contribution >= 4 is 5.97 Å². The van der Waals surface area contributed by atoms with Crippen molar-refractivity contribution in [2.75, 3.05) is 13.2 Å². The Hall–Kier alpha value is -1.47. The molecule has 0 bridgehead atoms. The van der Waals surface area contributed by atoms with Crippen LogP contribution in [0.15, 0.2) is 11.3 Å². The van der Waals surface area contributed by atoms with Gasteiger partial charge >= 0.3 is 5.97 Å². The van der Waals surface area contributed by atoms with Gasteiger partial charge in [-0.25, -0.2) is 4.79 Å². The molecule has 0 atom stereocenters. The quantitative estimate of drug-likeness (QED) is 0.500. The Kier molecular flexibility index (Phi) is 7.94. The fourth-order valence-electron chi connectivity index (χ4n) is 1.46. The molecule has 0 spiro atoms. The van der Waals surface area contributed by atoms with Crippen LogP contribution in [0.25, 0.3) is 0 Å². The van der Waals surface area contributed by atoms with Crippen LogP contribution in [0.4, 0.5) is 0 Å². The predicted molar refractivity (Wildman–Crippen MR) is 74.2 cm³/mol. The van der Waals surface area contributed by atoms with Gasteiger partial charge in [0.1, 0.15) is 11.3 Å². The summed E-state index contributed by atoms with van der Waals surface area (Å²) < 4.78 is 15.7. The first-order valence-corrected chi connectivity index (χ1v) is 6.65. The van der Waals surface area contributed by atoms with E-state index in [-0.39, 0.29) is 5.97 Å². The lowest BCUT2D eigenvalue weighted by molar-refractivity contribution is -0.212. The normalized spacial score (nSPS) is 19.3. The molecule has 0 radical (unpaired) electrons. The van der Waals surface area contributed by atoms with Crippen LogP contribution in [-0.2, 0) is 19.0 Å². The molecule has 0 aromatic rings. The third-order valence-electron chi connectivity index (χ3n) is 2.21. The van der Waals surface area contributed by atoms with Crippen LogP contribution in [0.1, 0.15) is 47.5 Å². The maximum Gasteiger partial charge on any atom is 0.343 e. The van der Waals surface area contributed by atoms with Crippen LogP contribution in [-0.4, -0.2) is 25.0 Å². The molecule has 0 aromatic carbocycles. The molecule has 2 heterocycles. The molecule has 0 amide bonds. The number of carbonyl (C=O) groups is 1. The standard InChI is InChI=1S/C9H12O4.C4H6.C2H6/c1-9(2)12-7-3-4-11-5-6(7)8(10)13-9;1-3-4-2;1-2/h3-5H2,1-2H3;1H,4H2,2H3;1-2H3. The molecular formula is C15H24O4. The first kappa shape index (κ1) is 17.5. The fourth-order valence-corrected chi connectivity index (χ4v) is 1.46. The van der Waals surface area contributed by atoms with Gasteiger partial charge in [0.2, 0.25) is 5.79 Å². The van der Waals surface area contributed by atoms with Gasteiger partial charge in [0.25, 0.3) is 0 Å². The lowest BCUT2D eigenvalue weighted by Gasteiger charge is -2.35. The number of terminal acetylenes is 1. The summed E-state index contributed by atoms with van der Waals surface area (Å²) in [4.78, 5) is 11.4. The second-order valence-electron chi connectivity index (χ2n) is 4.15. The van der Waals surface area contributed by atoms with Crippen molar-refractivity contribution < 1.29 is 19.0 Å². The van der Waals surface area contributed by atoms with Crippen LogP contribution in [0.5, 0.6) is 0 Å². The van der Waals surface area contributed by atoms with Crippen LogP contribution < -0.4 is 0 Å². The second kappa shape index (κ2) is 8.60. The summed E-state index contributed by atoms with van der Waals surface area (Å²) in [6, 6.07) is 0. The van der Waals surface area contributed by atoms with Gasteiger partial charge in [-0.2, -0.15) is 0 Å². The highest BCUT2D eigenvalue weighted by molar-refractivity contribution is 5.90. The summed E-state index contributed by atoms with van der Waals surface area (Å²) in [7, 11) is 0. The molecule has 0 fully saturated rings. The Morgan fingerprint density at radius 1 is 1.32 bits per heavy atom. The van der Waals surface area contributed by atoms with Gasteiger partial charge in [-0.05, 0) is 0 Å². The van der Waals surface area contributed by atoms with Gasteiger partial charge < -0.3 is 14.2 Å². The van der Waals surface area contributed by atoms with Crippen molar-refractivity contribution in [1.82, 2.24) is 0 Å². The van der Waals surface area contributed by atoms with Crippen molar-refractivity contribution in [2.24, 2.45) is 0 Å². The summed E-state index contributed by atoms with van der Waals surface area (Å²) in [6.45, 7) is 10.3. The van der Waals surface area contributed by atoms with Crippen molar-refractivity contribution in [1.29, 1.82) is 0 Å². The summed E-state index contributed by atoms with van der Waals surface area (Å²) in [5.41, 5.74) is 0.533. The van der Waals surface area contributed by atoms with E-state index in [0.717, 1.165) is 12.2 Å². The van der Waals surface area contributed by atoms with Gasteiger partial charge in [0, 0.05) is 26.7 Å². The van der Waals surface area contributed by atoms with Gasteiger partial charge in [-0.1, -0.05) is 20.8 Å². The minimum atomic E-state index is -0.826. The Balaban J connectivity index is 0.000000467. The lowest BCUT2D eigenvalue weighted by atomic mass is 10.1. The highest BCUT2D eigenvalue weighted by atomic mass is 16.7. The zero-order chi connectivity index (χ0) is 14.9. The SMILES string of the molecule is C#CCC.CC.CC1(C)OC(=O)C2=C(CCOC2)O1. The maximum atomic E-state index is 11.4. The van der Waals surface area contributed by atoms with E-state index in [9.17, 15) is 4.79 Å². The van der Waals surface area contributed by atoms with E-state index in [1.165, 1.54) is 0 Å². The zero-order valence-electron chi connectivity index (χ0n) is 12.5. The smallest absolute Gasteiger partial charge is 0.343 e. The molecule has 4 heteroatoms. The molecule has 2 aliphatic heterocycles. The first-order valence-electron chi connectivity index (χ1n) is 6.65. The highest BCUT2D eigenvalue weighted by Gasteiger charge is 2.36. The van der Waals surface area contributed by atoms with Gasteiger partial charge in [0.05, 0.1) is 13.2 Å². The van der Waals surface area contributed by atoms with Gasteiger partial charge in [-0.3, -0.25) is 0 Å². The van der Waals surface area contributed by atoms with E-state index in [2.05, 4.69) is 5.92 Å². The van der Waals surface area contributed by atoms with Crippen LogP contribution in [0, 0.1) is 12.3 Å². The molecule has 0 saturated carbocycles. The molecule has 0 unspecified atom stereocenters. The predicted octanol–water partition coefficient (Wildman–Crippen LogP) is 3.03. The second-order valence-corrected chi connectivity index (χ2v) is 4.15. The number of hydrogen-bond acceptors (Lipinski definition) is 4. The zero-order valence-corrected chi connectivity index (χ0v) is 12.5. The third-order valence-corrected chi connectivity index (χ3v) is 2.21. The number of cyclic esters (lactones) is 1. The number of ether oxygens (including phenoxy) is 3. The number of hydrogen-bond donors (Lipinski definition) is 0. The molecule has 2 rings (SSSR count). The average molecular weight is 268 g/mol. The Labute approximate surface area is 116 Å². The van der Waals surface area contributed by atoms with E-state index in [1.54, 1.807) is 13.8 Å². The molecule has 108 valence electrons. The van der Waals surface area contributed by atoms with Crippen LogP contribution >= 0.6 is 0 Å². The molecule has 19 heavy (non-hydrogen) atoms. The number of esters is 1. The van der Waals surface area contributed by atoms with Crippen LogP contribution in [0.3, 0.4) is 0 Å². The van der Waals surface area contributed by atoms with Crippen molar-refractivity contribution in [2.45, 2.75) is 53.2 Å². The summed E-state index contributed by atoms with van der Waals surface area (Å²) in [6.07, 6.45) is 6.29. The Morgan fingerprint density at radius 3 is 2.42 bits per heavy atom. The van der Waals surface area contributed by atoms with E-state index in [1.807, 2.05) is 20.8 Å². The topological polar surface area (TPSA) is 44.8 Å². The molecule has 0 aromatic heterocycles. The molecule has 0 N–H and O–H groups in total. The average Bonchev–Trinajstić information content (AvgIpc) is 2.40. The Bertz CT molecular complexity index is 361. The van der Waals surface area contributed by atoms with Gasteiger partial charge in [0.15, 0.2) is 0 Å². The van der Waals surface area contributed by atoms with E-state index in [0.29, 0.717) is 25.2 Å². The Morgan fingerprint density at radius 2 is 1.89 bits per heavy atom. The molecule has 4 nitrogen and oxygen atoms in total. The van der Waals surface area contributed by atoms with Crippen molar-refractivity contribution in [3.8, 4) is 12.3 Å². The van der Waals surface area contributed by atoms with E-state index in [4.69, 9.17) is 20.6 Å². The van der Waals surface area contributed by atoms with Crippen molar-refractivity contribution in [3.63, 3.8) is 0 Å². The van der Waals surface area contributed by atoms with Gasteiger partial charge in [-0.15, -0.1) is 12.3 Å². The minimum Gasteiger partial charge on any atom is -0.456 e. The third kappa shape index (κ3) is 5.80. The summed E-state index contributed by atoms with van der Waals surface area (Å²) >= 11 is 0. The summed E-state index contributed by atoms with van der Waals surface area (Å²) in [5.74, 6) is 2.02. The lowest BCUT2D eigenvalue weighted by Crippen LogP contribution is -2.39. The minimum absolute atomic E-state index is 0.310. The maximum absolute atomic E-state index is 11.4. The fraction of sp³-hybridized carbons (Fsp3) is 0.667. The van der Waals surface area contributed by atoms with Crippen LogP contribution in [0.2, 0.25) is 0 Å². The van der Waals surface area contributed by atoms with E-state index >= 15 is 0 Å². The number of carbonyl (C=O) groups excluding carboxylic acids is 1. The van der Waals surface area contributed by atoms with E-state index < -0.39 is 5.79 Å².